The van der Waals surface area contributed by atoms with Crippen LogP contribution in [0.4, 0.5) is 0 Å². The average molecular weight is 402 g/mol. The fourth-order valence-electron chi connectivity index (χ4n) is 4.31. The summed E-state index contributed by atoms with van der Waals surface area (Å²) in [5.74, 6) is 1.47. The number of hydrogen-bond acceptors (Lipinski definition) is 3. The first-order chi connectivity index (χ1) is 13.2. The van der Waals surface area contributed by atoms with Crippen molar-refractivity contribution in [1.82, 2.24) is 5.32 Å². The largest absolute Gasteiger partial charge is 0.496 e. The van der Waals surface area contributed by atoms with E-state index in [-0.39, 0.29) is 23.3 Å². The van der Waals surface area contributed by atoms with Crippen molar-refractivity contribution in [2.75, 3.05) is 7.11 Å². The molecule has 0 bridgehead atoms. The number of benzene rings is 1. The molecule has 0 aromatic heterocycles. The molecule has 3 rings (SSSR count). The maximum atomic E-state index is 13.5. The van der Waals surface area contributed by atoms with Gasteiger partial charge in [-0.05, 0) is 61.9 Å². The van der Waals surface area contributed by atoms with Crippen LogP contribution < -0.4 is 10.1 Å². The molecule has 5 heteroatoms. The van der Waals surface area contributed by atoms with Crippen molar-refractivity contribution in [3.63, 3.8) is 0 Å². The fourth-order valence-corrected chi connectivity index (χ4v) is 5.76. The summed E-state index contributed by atoms with van der Waals surface area (Å²) in [7, 11) is 0.412. The van der Waals surface area contributed by atoms with Crippen molar-refractivity contribution in [2.45, 2.75) is 70.2 Å². The van der Waals surface area contributed by atoms with Gasteiger partial charge in [0.05, 0.1) is 23.4 Å². The van der Waals surface area contributed by atoms with Crippen molar-refractivity contribution in [1.29, 1.82) is 0 Å². The number of carbonyl (C=O) groups is 1. The summed E-state index contributed by atoms with van der Waals surface area (Å²) in [4.78, 5) is 13.8. The molecule has 152 valence electrons. The molecule has 28 heavy (non-hydrogen) atoms. The van der Waals surface area contributed by atoms with Gasteiger partial charge in [0.2, 0.25) is 5.91 Å². The van der Waals surface area contributed by atoms with Crippen molar-refractivity contribution in [3.05, 3.63) is 45.9 Å². The third-order valence-corrected chi connectivity index (χ3v) is 7.49. The highest BCUT2D eigenvalue weighted by Crippen LogP contribution is 2.55. The molecule has 1 aromatic rings. The monoisotopic (exact) mass is 401 g/mol. The molecule has 0 aliphatic heterocycles. The van der Waals surface area contributed by atoms with Crippen LogP contribution in [0.2, 0.25) is 0 Å². The highest BCUT2D eigenvalue weighted by atomic mass is 32.2. The van der Waals surface area contributed by atoms with E-state index in [0.717, 1.165) is 45.1 Å². The zero-order valence-electron chi connectivity index (χ0n) is 17.7. The first-order valence-electron chi connectivity index (χ1n) is 10.0. The van der Waals surface area contributed by atoms with Crippen LogP contribution in [0.5, 0.6) is 5.75 Å². The molecule has 2 aliphatic carbocycles. The van der Waals surface area contributed by atoms with Crippen LogP contribution in [-0.2, 0) is 15.6 Å². The minimum absolute atomic E-state index is 0.100. The molecule has 1 saturated carbocycles. The molecule has 2 aliphatic rings. The van der Waals surface area contributed by atoms with Crippen molar-refractivity contribution >= 4 is 16.7 Å². The quantitative estimate of drug-likeness (QED) is 0.712. The second kappa shape index (κ2) is 7.86. The summed E-state index contributed by atoms with van der Waals surface area (Å²) in [5, 5.41) is 3.20. The van der Waals surface area contributed by atoms with Gasteiger partial charge in [-0.3, -0.25) is 4.79 Å². The van der Waals surface area contributed by atoms with Gasteiger partial charge in [-0.1, -0.05) is 32.4 Å². The third-order valence-electron chi connectivity index (χ3n) is 5.79. The Morgan fingerprint density at radius 2 is 2.07 bits per heavy atom. The van der Waals surface area contributed by atoms with E-state index in [1.165, 1.54) is 0 Å². The van der Waals surface area contributed by atoms with E-state index in [9.17, 15) is 9.00 Å². The molecule has 4 nitrogen and oxygen atoms in total. The zero-order chi connectivity index (χ0) is 20.6. The topological polar surface area (TPSA) is 55.4 Å². The predicted octanol–water partition coefficient (Wildman–Crippen LogP) is 4.84. The van der Waals surface area contributed by atoms with Gasteiger partial charge in [0.15, 0.2) is 0 Å². The van der Waals surface area contributed by atoms with E-state index in [0.29, 0.717) is 6.42 Å². The van der Waals surface area contributed by atoms with Crippen LogP contribution in [-0.4, -0.2) is 22.8 Å². The maximum absolute atomic E-state index is 13.5. The lowest BCUT2D eigenvalue weighted by molar-refractivity contribution is -0.121. The van der Waals surface area contributed by atoms with Gasteiger partial charge < -0.3 is 10.1 Å². The number of methoxy groups -OCH3 is 1. The Balaban J connectivity index is 1.90. The third kappa shape index (κ3) is 3.69. The zero-order valence-corrected chi connectivity index (χ0v) is 18.5. The number of rotatable bonds is 7. The molecule has 3 atom stereocenters. The number of carbonyl (C=O) groups excluding carboxylic acids is 1. The Kier molecular flexibility index (Phi) is 5.85. The molecule has 1 fully saturated rings. The van der Waals surface area contributed by atoms with E-state index in [4.69, 9.17) is 4.74 Å². The first-order valence-corrected chi connectivity index (χ1v) is 11.2. The number of fused-ring (bicyclic) bond motifs is 1. The van der Waals surface area contributed by atoms with E-state index >= 15 is 0 Å². The SMILES string of the molecule is CCCC(=O)NC12C=C(C)C(S(=O)c3ccc(OC)c(C(C)C)c3)=C(C)C1C2. The van der Waals surface area contributed by atoms with Gasteiger partial charge in [0.25, 0.3) is 0 Å². The summed E-state index contributed by atoms with van der Waals surface area (Å²) in [5.41, 5.74) is 2.94. The molecular weight excluding hydrogens is 370 g/mol. The van der Waals surface area contributed by atoms with Crippen LogP contribution in [0.15, 0.2) is 45.2 Å². The van der Waals surface area contributed by atoms with Crippen molar-refractivity contribution in [2.24, 2.45) is 5.92 Å². The lowest BCUT2D eigenvalue weighted by atomic mass is 9.97. The molecule has 0 spiro atoms. The highest BCUT2D eigenvalue weighted by molar-refractivity contribution is 7.89. The number of allylic oxidation sites excluding steroid dienone is 1. The summed E-state index contributed by atoms with van der Waals surface area (Å²) in [6, 6.07) is 5.81. The second-order valence-corrected chi connectivity index (χ2v) is 9.68. The van der Waals surface area contributed by atoms with Gasteiger partial charge in [-0.2, -0.15) is 0 Å². The standard InChI is InChI=1S/C23H31NO3S/c1-7-8-21(25)24-23-12-15(4)22(16(5)19(23)13-23)28(26)17-9-10-20(27-6)18(11-17)14(2)3/h9-12,14,19H,7-8,13H2,1-6H3,(H,24,25). The minimum atomic E-state index is -1.25. The number of nitrogens with one attached hydrogen (secondary N) is 1. The molecule has 1 aromatic carbocycles. The number of amides is 1. The van der Waals surface area contributed by atoms with Crippen LogP contribution >= 0.6 is 0 Å². The lowest BCUT2D eigenvalue weighted by Gasteiger charge is -2.25. The number of ether oxygens (including phenoxy) is 1. The predicted molar refractivity (Wildman–Crippen MR) is 114 cm³/mol. The van der Waals surface area contributed by atoms with E-state index in [2.05, 4.69) is 32.2 Å². The van der Waals surface area contributed by atoms with E-state index in [1.54, 1.807) is 7.11 Å². The van der Waals surface area contributed by atoms with Crippen molar-refractivity contribution in [3.8, 4) is 5.75 Å². The summed E-state index contributed by atoms with van der Waals surface area (Å²) < 4.78 is 18.9. The summed E-state index contributed by atoms with van der Waals surface area (Å²) in [6.07, 6.45) is 4.41. The molecule has 1 amide bonds. The number of hydrogen-bond donors (Lipinski definition) is 1. The second-order valence-electron chi connectivity index (χ2n) is 8.26. The Morgan fingerprint density at radius 3 is 2.68 bits per heavy atom. The van der Waals surface area contributed by atoms with Crippen LogP contribution in [0.1, 0.15) is 65.4 Å². The Labute approximate surface area is 170 Å². The van der Waals surface area contributed by atoms with Gasteiger partial charge in [0, 0.05) is 22.1 Å². The Hall–Kier alpha value is -1.88. The minimum Gasteiger partial charge on any atom is -0.496 e. The smallest absolute Gasteiger partial charge is 0.220 e. The molecule has 0 saturated heterocycles. The maximum Gasteiger partial charge on any atom is 0.220 e. The van der Waals surface area contributed by atoms with Gasteiger partial charge >= 0.3 is 0 Å². The molecule has 0 radical (unpaired) electrons. The molecular formula is C23H31NO3S. The van der Waals surface area contributed by atoms with Gasteiger partial charge in [-0.15, -0.1) is 0 Å². The highest BCUT2D eigenvalue weighted by Gasteiger charge is 2.57. The normalized spacial score (nSPS) is 24.5. The van der Waals surface area contributed by atoms with Crippen LogP contribution in [0.25, 0.3) is 0 Å². The Bertz CT molecular complexity index is 884. The molecule has 1 N–H and O–H groups in total. The summed E-state index contributed by atoms with van der Waals surface area (Å²) >= 11 is 0. The van der Waals surface area contributed by atoms with Crippen LogP contribution in [0.3, 0.4) is 0 Å². The van der Waals surface area contributed by atoms with Gasteiger partial charge in [-0.25, -0.2) is 4.21 Å². The lowest BCUT2D eigenvalue weighted by Crippen LogP contribution is -2.38. The fraction of sp³-hybridized carbons (Fsp3) is 0.522. The first kappa shape index (κ1) is 20.8. The van der Waals surface area contributed by atoms with Crippen LogP contribution in [0, 0.1) is 5.92 Å². The van der Waals surface area contributed by atoms with Crippen molar-refractivity contribution < 1.29 is 13.7 Å². The average Bonchev–Trinajstić information content (AvgIpc) is 3.34. The Morgan fingerprint density at radius 1 is 1.36 bits per heavy atom. The van der Waals surface area contributed by atoms with E-state index in [1.807, 2.05) is 32.0 Å². The van der Waals surface area contributed by atoms with E-state index < -0.39 is 10.8 Å². The molecule has 3 unspecified atom stereocenters. The van der Waals surface area contributed by atoms with Gasteiger partial charge in [0.1, 0.15) is 5.75 Å². The summed E-state index contributed by atoms with van der Waals surface area (Å²) in [6.45, 7) is 10.3. The molecule has 0 heterocycles.